The highest BCUT2D eigenvalue weighted by atomic mass is 16.5. The molecule has 0 saturated carbocycles. The van der Waals surface area contributed by atoms with Gasteiger partial charge in [0.1, 0.15) is 11.3 Å². The summed E-state index contributed by atoms with van der Waals surface area (Å²) in [6.45, 7) is 3.51. The lowest BCUT2D eigenvalue weighted by molar-refractivity contribution is 0.122. The Morgan fingerprint density at radius 3 is 3.00 bits per heavy atom. The molecule has 3 aromatic rings. The predicted octanol–water partition coefficient (Wildman–Crippen LogP) is 1.39. The molecule has 0 aliphatic carbocycles. The third-order valence-corrected chi connectivity index (χ3v) is 3.58. The van der Waals surface area contributed by atoms with Crippen LogP contribution in [0.3, 0.4) is 0 Å². The number of nitrogens with zero attached hydrogens (tertiary/aromatic N) is 4. The van der Waals surface area contributed by atoms with Crippen molar-refractivity contribution in [3.8, 4) is 0 Å². The van der Waals surface area contributed by atoms with E-state index in [9.17, 15) is 0 Å². The third-order valence-electron chi connectivity index (χ3n) is 3.58. The third kappa shape index (κ3) is 2.48. The molecule has 4 rings (SSSR count). The molecule has 0 aromatic carbocycles. The van der Waals surface area contributed by atoms with Crippen LogP contribution in [-0.4, -0.2) is 46.2 Å². The summed E-state index contributed by atoms with van der Waals surface area (Å²) in [5.41, 5.74) is 1.45. The van der Waals surface area contributed by atoms with Crippen LogP contribution in [0.2, 0.25) is 0 Å². The van der Waals surface area contributed by atoms with Crippen molar-refractivity contribution in [3.05, 3.63) is 30.5 Å². The average Bonchev–Trinajstić information content (AvgIpc) is 3.24. The Bertz CT molecular complexity index is 748. The van der Waals surface area contributed by atoms with Gasteiger partial charge in [-0.05, 0) is 12.1 Å². The Morgan fingerprint density at radius 2 is 2.18 bits per heavy atom. The first-order chi connectivity index (χ1) is 10.9. The Kier molecular flexibility index (Phi) is 3.36. The van der Waals surface area contributed by atoms with Gasteiger partial charge in [0.05, 0.1) is 32.3 Å². The summed E-state index contributed by atoms with van der Waals surface area (Å²) < 4.78 is 10.7. The predicted molar refractivity (Wildman–Crippen MR) is 80.8 cm³/mol. The standard InChI is InChI=1S/C14H16N6O2/c1-2-10(22-5-1)8-15-12-11-13(17-9-16-11)19-14(18-12)20-3-6-21-7-4-20/h1-2,5,9H,3-4,6-8H2,(H2,15,16,17,18,19). The van der Waals surface area contributed by atoms with Gasteiger partial charge in [0.2, 0.25) is 5.95 Å². The summed E-state index contributed by atoms with van der Waals surface area (Å²) in [5, 5.41) is 3.28. The van der Waals surface area contributed by atoms with Gasteiger partial charge in [-0.2, -0.15) is 9.97 Å². The highest BCUT2D eigenvalue weighted by Crippen LogP contribution is 2.22. The fourth-order valence-corrected chi connectivity index (χ4v) is 2.44. The van der Waals surface area contributed by atoms with Gasteiger partial charge in [-0.1, -0.05) is 0 Å². The van der Waals surface area contributed by atoms with Crippen LogP contribution in [0.5, 0.6) is 0 Å². The summed E-state index contributed by atoms with van der Waals surface area (Å²) in [4.78, 5) is 18.6. The molecule has 3 aromatic heterocycles. The molecule has 1 saturated heterocycles. The Hall–Kier alpha value is -2.61. The van der Waals surface area contributed by atoms with Crippen molar-refractivity contribution in [2.45, 2.75) is 6.54 Å². The number of fused-ring (bicyclic) bond motifs is 1. The number of anilines is 2. The van der Waals surface area contributed by atoms with E-state index in [1.807, 2.05) is 12.1 Å². The minimum Gasteiger partial charge on any atom is -0.467 e. The van der Waals surface area contributed by atoms with Gasteiger partial charge in [0.25, 0.3) is 0 Å². The minimum absolute atomic E-state index is 0.556. The number of ether oxygens (including phenoxy) is 1. The van der Waals surface area contributed by atoms with Crippen molar-refractivity contribution >= 4 is 22.9 Å². The molecule has 1 aliphatic heterocycles. The lowest BCUT2D eigenvalue weighted by Crippen LogP contribution is -2.37. The highest BCUT2D eigenvalue weighted by molar-refractivity contribution is 5.83. The second kappa shape index (κ2) is 5.64. The van der Waals surface area contributed by atoms with E-state index >= 15 is 0 Å². The largest absolute Gasteiger partial charge is 0.467 e. The molecule has 1 aliphatic rings. The first-order valence-corrected chi connectivity index (χ1v) is 7.20. The number of rotatable bonds is 4. The molecule has 0 spiro atoms. The summed E-state index contributed by atoms with van der Waals surface area (Å²) in [5.74, 6) is 2.24. The maximum absolute atomic E-state index is 5.37. The van der Waals surface area contributed by atoms with Gasteiger partial charge >= 0.3 is 0 Å². The van der Waals surface area contributed by atoms with Crippen LogP contribution in [0.25, 0.3) is 11.2 Å². The molecule has 4 heterocycles. The Balaban J connectivity index is 1.64. The van der Waals surface area contributed by atoms with Crippen LogP contribution >= 0.6 is 0 Å². The SMILES string of the molecule is c1coc(CNc2nc(N3CCOCC3)nc3nc[nH]c23)c1. The van der Waals surface area contributed by atoms with Crippen molar-refractivity contribution in [2.24, 2.45) is 0 Å². The van der Waals surface area contributed by atoms with E-state index in [0.717, 1.165) is 30.2 Å². The summed E-state index contributed by atoms with van der Waals surface area (Å²) in [6, 6.07) is 3.78. The normalized spacial score (nSPS) is 15.4. The van der Waals surface area contributed by atoms with Gasteiger partial charge < -0.3 is 24.4 Å². The number of aromatic amines is 1. The number of hydrogen-bond donors (Lipinski definition) is 2. The molecule has 0 unspecified atom stereocenters. The second-order valence-electron chi connectivity index (χ2n) is 5.01. The van der Waals surface area contributed by atoms with E-state index in [1.54, 1.807) is 12.6 Å². The number of imidazole rings is 1. The van der Waals surface area contributed by atoms with Crippen LogP contribution in [0.15, 0.2) is 29.1 Å². The fourth-order valence-electron chi connectivity index (χ4n) is 2.44. The van der Waals surface area contributed by atoms with Crippen LogP contribution in [0.1, 0.15) is 5.76 Å². The van der Waals surface area contributed by atoms with Gasteiger partial charge in [0.15, 0.2) is 11.5 Å². The molecule has 22 heavy (non-hydrogen) atoms. The number of H-pyrrole nitrogens is 1. The smallest absolute Gasteiger partial charge is 0.229 e. The molecule has 8 nitrogen and oxygen atoms in total. The molecule has 0 bridgehead atoms. The van der Waals surface area contributed by atoms with Gasteiger partial charge in [-0.15, -0.1) is 0 Å². The molecule has 114 valence electrons. The molecule has 0 amide bonds. The zero-order chi connectivity index (χ0) is 14.8. The van der Waals surface area contributed by atoms with Crippen LogP contribution in [0.4, 0.5) is 11.8 Å². The number of furan rings is 1. The maximum Gasteiger partial charge on any atom is 0.229 e. The minimum atomic E-state index is 0.556. The topological polar surface area (TPSA) is 92.1 Å². The monoisotopic (exact) mass is 300 g/mol. The van der Waals surface area contributed by atoms with Crippen molar-refractivity contribution < 1.29 is 9.15 Å². The number of morpholine rings is 1. The molecular weight excluding hydrogens is 284 g/mol. The molecular formula is C14H16N6O2. The van der Waals surface area contributed by atoms with Crippen LogP contribution in [0, 0.1) is 0 Å². The van der Waals surface area contributed by atoms with E-state index in [0.29, 0.717) is 31.4 Å². The lowest BCUT2D eigenvalue weighted by atomic mass is 10.4. The zero-order valence-corrected chi connectivity index (χ0v) is 12.0. The van der Waals surface area contributed by atoms with E-state index in [4.69, 9.17) is 9.15 Å². The molecule has 8 heteroatoms. The fraction of sp³-hybridized carbons (Fsp3) is 0.357. The van der Waals surface area contributed by atoms with Crippen LogP contribution in [-0.2, 0) is 11.3 Å². The zero-order valence-electron chi connectivity index (χ0n) is 12.0. The summed E-state index contributed by atoms with van der Waals surface area (Å²) in [7, 11) is 0. The van der Waals surface area contributed by atoms with E-state index in [2.05, 4.69) is 30.2 Å². The Labute approximate surface area is 126 Å². The Morgan fingerprint density at radius 1 is 1.27 bits per heavy atom. The van der Waals surface area contributed by atoms with E-state index in [-0.39, 0.29) is 0 Å². The second-order valence-corrected chi connectivity index (χ2v) is 5.01. The first kappa shape index (κ1) is 13.1. The van der Waals surface area contributed by atoms with Crippen molar-refractivity contribution in [1.29, 1.82) is 0 Å². The summed E-state index contributed by atoms with van der Waals surface area (Å²) >= 11 is 0. The van der Waals surface area contributed by atoms with Gasteiger partial charge in [-0.25, -0.2) is 4.98 Å². The van der Waals surface area contributed by atoms with Crippen molar-refractivity contribution in [1.82, 2.24) is 19.9 Å². The number of aromatic nitrogens is 4. The molecule has 2 N–H and O–H groups in total. The lowest BCUT2D eigenvalue weighted by Gasteiger charge is -2.26. The van der Waals surface area contributed by atoms with E-state index < -0.39 is 0 Å². The van der Waals surface area contributed by atoms with Crippen molar-refractivity contribution in [3.63, 3.8) is 0 Å². The number of nitrogens with one attached hydrogen (secondary N) is 2. The summed E-state index contributed by atoms with van der Waals surface area (Å²) in [6.07, 6.45) is 3.28. The number of hydrogen-bond acceptors (Lipinski definition) is 7. The van der Waals surface area contributed by atoms with Gasteiger partial charge in [-0.3, -0.25) is 0 Å². The molecule has 0 atom stereocenters. The highest BCUT2D eigenvalue weighted by Gasteiger charge is 2.17. The van der Waals surface area contributed by atoms with Crippen LogP contribution < -0.4 is 10.2 Å². The molecule has 1 fully saturated rings. The maximum atomic E-state index is 5.37. The molecule has 0 radical (unpaired) electrons. The van der Waals surface area contributed by atoms with Gasteiger partial charge in [0, 0.05) is 13.1 Å². The first-order valence-electron chi connectivity index (χ1n) is 7.20. The van der Waals surface area contributed by atoms with Crippen molar-refractivity contribution in [2.75, 3.05) is 36.5 Å². The quantitative estimate of drug-likeness (QED) is 0.752. The van der Waals surface area contributed by atoms with E-state index in [1.165, 1.54) is 0 Å². The average molecular weight is 300 g/mol.